The number of carbonyl (C=O) groups excluding carboxylic acids is 1. The Morgan fingerprint density at radius 3 is 2.65 bits per heavy atom. The van der Waals surface area contributed by atoms with E-state index in [0.29, 0.717) is 19.1 Å². The Morgan fingerprint density at radius 1 is 1.30 bits per heavy atom. The summed E-state index contributed by atoms with van der Waals surface area (Å²) in [4.78, 5) is 14.6. The number of nitrogens with zero attached hydrogens (tertiary/aromatic N) is 1. The van der Waals surface area contributed by atoms with Gasteiger partial charge in [0.1, 0.15) is 0 Å². The Kier molecular flexibility index (Phi) is 6.60. The van der Waals surface area contributed by atoms with Crippen LogP contribution in [0.1, 0.15) is 50.2 Å². The monoisotopic (exact) mass is 318 g/mol. The molecule has 1 aliphatic rings. The van der Waals surface area contributed by atoms with E-state index < -0.39 is 6.10 Å². The smallest absolute Gasteiger partial charge is 0.238 e. The molecule has 1 fully saturated rings. The lowest BCUT2D eigenvalue weighted by Crippen LogP contribution is -2.45. The van der Waals surface area contributed by atoms with E-state index in [9.17, 15) is 9.90 Å². The van der Waals surface area contributed by atoms with Crippen molar-refractivity contribution in [1.29, 1.82) is 0 Å². The molecule has 1 aromatic rings. The van der Waals surface area contributed by atoms with Crippen LogP contribution >= 0.6 is 0 Å². The minimum atomic E-state index is -0.412. The standard InChI is InChI=1S/C19H30N2O2/c1-14-8-7-11-18(16(14)3)20-19(23)13-21(12-15(2)22)17-9-5-4-6-10-17/h7-8,11,15,17,22H,4-6,9-10,12-13H2,1-3H3,(H,20,23). The van der Waals surface area contributed by atoms with Gasteiger partial charge in [-0.2, -0.15) is 0 Å². The molecule has 0 bridgehead atoms. The molecule has 1 unspecified atom stereocenters. The summed E-state index contributed by atoms with van der Waals surface area (Å²) in [6, 6.07) is 6.38. The second kappa shape index (κ2) is 8.46. The molecule has 1 aliphatic carbocycles. The van der Waals surface area contributed by atoms with Crippen molar-refractivity contribution in [2.75, 3.05) is 18.4 Å². The maximum Gasteiger partial charge on any atom is 0.238 e. The van der Waals surface area contributed by atoms with Crippen LogP contribution in [0.25, 0.3) is 0 Å². The lowest BCUT2D eigenvalue weighted by molar-refractivity contribution is -0.118. The van der Waals surface area contributed by atoms with Gasteiger partial charge in [0, 0.05) is 18.3 Å². The van der Waals surface area contributed by atoms with Crippen LogP contribution in [0, 0.1) is 13.8 Å². The van der Waals surface area contributed by atoms with Gasteiger partial charge in [0.2, 0.25) is 5.91 Å². The third kappa shape index (κ3) is 5.33. The first-order chi connectivity index (χ1) is 11.0. The van der Waals surface area contributed by atoms with Crippen LogP contribution in [0.15, 0.2) is 18.2 Å². The lowest BCUT2D eigenvalue weighted by atomic mass is 9.94. The zero-order chi connectivity index (χ0) is 16.8. The van der Waals surface area contributed by atoms with Gasteiger partial charge in [-0.25, -0.2) is 0 Å². The number of amides is 1. The minimum Gasteiger partial charge on any atom is -0.392 e. The number of rotatable bonds is 6. The highest BCUT2D eigenvalue weighted by Gasteiger charge is 2.24. The highest BCUT2D eigenvalue weighted by atomic mass is 16.3. The van der Waals surface area contributed by atoms with Gasteiger partial charge in [-0.05, 0) is 50.8 Å². The largest absolute Gasteiger partial charge is 0.392 e. The highest BCUT2D eigenvalue weighted by molar-refractivity contribution is 5.93. The molecule has 0 radical (unpaired) electrons. The van der Waals surface area contributed by atoms with Crippen molar-refractivity contribution in [3.05, 3.63) is 29.3 Å². The van der Waals surface area contributed by atoms with Crippen LogP contribution in [0.3, 0.4) is 0 Å². The molecular weight excluding hydrogens is 288 g/mol. The average molecular weight is 318 g/mol. The molecule has 0 saturated heterocycles. The Balaban J connectivity index is 2.00. The van der Waals surface area contributed by atoms with Gasteiger partial charge in [0.25, 0.3) is 0 Å². The molecule has 23 heavy (non-hydrogen) atoms. The van der Waals surface area contributed by atoms with Crippen LogP contribution in [0.5, 0.6) is 0 Å². The van der Waals surface area contributed by atoms with Crippen LogP contribution < -0.4 is 5.32 Å². The third-order valence-corrected chi connectivity index (χ3v) is 4.82. The molecule has 0 aromatic heterocycles. The molecule has 4 heteroatoms. The molecule has 0 aliphatic heterocycles. The summed E-state index contributed by atoms with van der Waals surface area (Å²) in [6.45, 7) is 6.78. The van der Waals surface area contributed by atoms with Crippen molar-refractivity contribution < 1.29 is 9.90 Å². The first-order valence-electron chi connectivity index (χ1n) is 8.75. The summed E-state index contributed by atoms with van der Waals surface area (Å²) in [5.74, 6) is 0.00456. The van der Waals surface area contributed by atoms with Gasteiger partial charge in [-0.15, -0.1) is 0 Å². The van der Waals surface area contributed by atoms with Gasteiger partial charge in [0.05, 0.1) is 12.6 Å². The van der Waals surface area contributed by atoms with Crippen LogP contribution in [0.4, 0.5) is 5.69 Å². The zero-order valence-electron chi connectivity index (χ0n) is 14.6. The Morgan fingerprint density at radius 2 is 2.00 bits per heavy atom. The number of nitrogens with one attached hydrogen (secondary N) is 1. The highest BCUT2D eigenvalue weighted by Crippen LogP contribution is 2.23. The number of anilines is 1. The van der Waals surface area contributed by atoms with E-state index >= 15 is 0 Å². The van der Waals surface area contributed by atoms with E-state index in [1.165, 1.54) is 24.8 Å². The predicted molar refractivity (Wildman–Crippen MR) is 94.7 cm³/mol. The molecule has 2 N–H and O–H groups in total. The topological polar surface area (TPSA) is 52.6 Å². The summed E-state index contributed by atoms with van der Waals surface area (Å²) in [6.07, 6.45) is 5.57. The predicted octanol–water partition coefficient (Wildman–Crippen LogP) is 3.26. The third-order valence-electron chi connectivity index (χ3n) is 4.82. The molecule has 0 heterocycles. The summed E-state index contributed by atoms with van der Waals surface area (Å²) in [7, 11) is 0. The fourth-order valence-electron chi connectivity index (χ4n) is 3.39. The zero-order valence-corrected chi connectivity index (χ0v) is 14.6. The van der Waals surface area contributed by atoms with E-state index in [2.05, 4.69) is 10.2 Å². The molecule has 1 amide bonds. The Hall–Kier alpha value is -1.39. The molecule has 1 aromatic carbocycles. The molecule has 2 rings (SSSR count). The van der Waals surface area contributed by atoms with Crippen LogP contribution in [-0.2, 0) is 4.79 Å². The van der Waals surface area contributed by atoms with E-state index in [1.54, 1.807) is 6.92 Å². The number of aryl methyl sites for hydroxylation is 1. The molecule has 1 saturated carbocycles. The van der Waals surface area contributed by atoms with E-state index in [0.717, 1.165) is 24.1 Å². The SMILES string of the molecule is Cc1cccc(NC(=O)CN(CC(C)O)C2CCCCC2)c1C. The summed E-state index contributed by atoms with van der Waals surface area (Å²) in [5, 5.41) is 12.8. The summed E-state index contributed by atoms with van der Waals surface area (Å²) >= 11 is 0. The second-order valence-corrected chi connectivity index (χ2v) is 6.87. The molecule has 1 atom stereocenters. The van der Waals surface area contributed by atoms with Crippen molar-refractivity contribution in [3.8, 4) is 0 Å². The number of carbonyl (C=O) groups is 1. The first-order valence-corrected chi connectivity index (χ1v) is 8.75. The lowest BCUT2D eigenvalue weighted by Gasteiger charge is -2.34. The molecule has 128 valence electrons. The van der Waals surface area contributed by atoms with E-state index in [-0.39, 0.29) is 5.91 Å². The van der Waals surface area contributed by atoms with Crippen molar-refractivity contribution in [2.45, 2.75) is 65.0 Å². The van der Waals surface area contributed by atoms with Gasteiger partial charge in [-0.1, -0.05) is 31.4 Å². The Bertz CT molecular complexity index is 522. The second-order valence-electron chi connectivity index (χ2n) is 6.87. The van der Waals surface area contributed by atoms with E-state index in [1.807, 2.05) is 32.0 Å². The van der Waals surface area contributed by atoms with Crippen molar-refractivity contribution in [2.24, 2.45) is 0 Å². The summed E-state index contributed by atoms with van der Waals surface area (Å²) < 4.78 is 0. The number of benzene rings is 1. The number of hydrogen-bond acceptors (Lipinski definition) is 3. The van der Waals surface area contributed by atoms with Crippen LogP contribution in [-0.4, -0.2) is 41.1 Å². The maximum atomic E-state index is 12.5. The van der Waals surface area contributed by atoms with Crippen molar-refractivity contribution in [1.82, 2.24) is 4.90 Å². The number of aliphatic hydroxyl groups excluding tert-OH is 1. The number of aliphatic hydroxyl groups is 1. The van der Waals surface area contributed by atoms with Gasteiger partial charge in [0.15, 0.2) is 0 Å². The van der Waals surface area contributed by atoms with Crippen LogP contribution in [0.2, 0.25) is 0 Å². The normalized spacial score (nSPS) is 17.3. The fourth-order valence-corrected chi connectivity index (χ4v) is 3.39. The molecular formula is C19H30N2O2. The van der Waals surface area contributed by atoms with E-state index in [4.69, 9.17) is 0 Å². The van der Waals surface area contributed by atoms with Crippen molar-refractivity contribution in [3.63, 3.8) is 0 Å². The quantitative estimate of drug-likeness (QED) is 0.846. The van der Waals surface area contributed by atoms with Gasteiger partial charge in [-0.3, -0.25) is 9.69 Å². The van der Waals surface area contributed by atoms with Gasteiger partial charge >= 0.3 is 0 Å². The van der Waals surface area contributed by atoms with Crippen molar-refractivity contribution >= 4 is 11.6 Å². The maximum absolute atomic E-state index is 12.5. The van der Waals surface area contributed by atoms with Gasteiger partial charge < -0.3 is 10.4 Å². The average Bonchev–Trinajstić information content (AvgIpc) is 2.51. The molecule has 4 nitrogen and oxygen atoms in total. The number of hydrogen-bond donors (Lipinski definition) is 2. The summed E-state index contributed by atoms with van der Waals surface area (Å²) in [5.41, 5.74) is 3.17. The Labute approximate surface area is 139 Å². The minimum absolute atomic E-state index is 0.00456. The fraction of sp³-hybridized carbons (Fsp3) is 0.632. The first kappa shape index (κ1) is 18.0. The molecule has 0 spiro atoms.